The van der Waals surface area contributed by atoms with Crippen LogP contribution in [0.15, 0.2) is 11.8 Å². The average molecular weight is 414 g/mol. The van der Waals surface area contributed by atoms with Crippen LogP contribution in [0.25, 0.3) is 0 Å². The molecule has 0 unspecified atom stereocenters. The van der Waals surface area contributed by atoms with E-state index < -0.39 is 27.7 Å². The zero-order chi connectivity index (χ0) is 19.2. The van der Waals surface area contributed by atoms with Crippen LogP contribution in [0.5, 0.6) is 0 Å². The third-order valence-corrected chi connectivity index (χ3v) is 4.42. The Bertz CT molecular complexity index is 546. The van der Waals surface area contributed by atoms with Gasteiger partial charge in [0.25, 0.3) is 11.8 Å². The smallest absolute Gasteiger partial charge is 0.257 e. The summed E-state index contributed by atoms with van der Waals surface area (Å²) >= 11 is 17.3. The summed E-state index contributed by atoms with van der Waals surface area (Å²) in [5.74, 6) is -0.879. The second kappa shape index (κ2) is 9.64. The quantitative estimate of drug-likeness (QED) is 0.620. The second-order valence-corrected chi connectivity index (χ2v) is 8.25. The third-order valence-electron chi connectivity index (χ3n) is 3.85. The van der Waals surface area contributed by atoms with E-state index in [1.807, 2.05) is 6.92 Å². The van der Waals surface area contributed by atoms with Gasteiger partial charge >= 0.3 is 0 Å². The molecular formula is C16H23Cl3N2O4. The summed E-state index contributed by atoms with van der Waals surface area (Å²) in [6, 6.07) is -1.43. The van der Waals surface area contributed by atoms with Crippen LogP contribution in [0, 0.1) is 0 Å². The van der Waals surface area contributed by atoms with Crippen LogP contribution >= 0.6 is 34.8 Å². The molecule has 0 bridgehead atoms. The van der Waals surface area contributed by atoms with Crippen LogP contribution in [-0.4, -0.2) is 45.6 Å². The van der Waals surface area contributed by atoms with E-state index in [4.69, 9.17) is 39.5 Å². The van der Waals surface area contributed by atoms with Crippen molar-refractivity contribution >= 4 is 52.5 Å². The number of nitrogens with zero attached hydrogens (tertiary/aromatic N) is 1. The van der Waals surface area contributed by atoms with Crippen molar-refractivity contribution in [1.82, 2.24) is 10.2 Å². The molecule has 0 radical (unpaired) electrons. The Labute approximate surface area is 162 Å². The van der Waals surface area contributed by atoms with Crippen LogP contribution in [0.4, 0.5) is 0 Å². The summed E-state index contributed by atoms with van der Waals surface area (Å²) in [6.07, 6.45) is 2.98. The first kappa shape index (κ1) is 22.1. The molecule has 9 heteroatoms. The van der Waals surface area contributed by atoms with Crippen molar-refractivity contribution in [3.05, 3.63) is 11.8 Å². The first-order valence-corrected chi connectivity index (χ1v) is 9.26. The van der Waals surface area contributed by atoms with Crippen LogP contribution < -0.4 is 5.32 Å². The molecule has 0 saturated carbocycles. The fraction of sp³-hybridized carbons (Fsp3) is 0.688. The molecule has 1 rings (SSSR count). The van der Waals surface area contributed by atoms with Crippen LogP contribution in [-0.2, 0) is 19.1 Å². The standard InChI is InChI=1S/C16H23Cl3N2O4/c1-4-6-11-12(25-3)9-14(23)21(11)15(24)10(20-13(22)5-2)7-8-16(17,18)19/h9-11H,4-8H2,1-3H3,(H,20,22)/t10-,11-/m0/s1. The van der Waals surface area contributed by atoms with E-state index in [0.717, 1.165) is 11.3 Å². The van der Waals surface area contributed by atoms with E-state index in [9.17, 15) is 14.4 Å². The Morgan fingerprint density at radius 1 is 1.36 bits per heavy atom. The number of imide groups is 1. The lowest BCUT2D eigenvalue weighted by Gasteiger charge is -2.29. The van der Waals surface area contributed by atoms with E-state index in [0.29, 0.717) is 12.2 Å². The highest BCUT2D eigenvalue weighted by molar-refractivity contribution is 6.67. The minimum Gasteiger partial charge on any atom is -0.499 e. The summed E-state index contributed by atoms with van der Waals surface area (Å²) < 4.78 is 3.67. The molecule has 0 spiro atoms. The highest BCUT2D eigenvalue weighted by atomic mass is 35.6. The summed E-state index contributed by atoms with van der Waals surface area (Å²) in [6.45, 7) is 3.61. The van der Waals surface area contributed by atoms with E-state index in [-0.39, 0.29) is 25.2 Å². The molecule has 0 aliphatic carbocycles. The molecule has 1 aliphatic heterocycles. The zero-order valence-electron chi connectivity index (χ0n) is 14.5. The monoisotopic (exact) mass is 412 g/mol. The number of halogens is 3. The summed E-state index contributed by atoms with van der Waals surface area (Å²) in [4.78, 5) is 38.1. The topological polar surface area (TPSA) is 75.7 Å². The molecule has 2 atom stereocenters. The number of amides is 3. The number of rotatable bonds is 8. The van der Waals surface area contributed by atoms with Gasteiger partial charge in [-0.1, -0.05) is 55.1 Å². The normalized spacial score (nSPS) is 18.8. The Morgan fingerprint density at radius 3 is 2.48 bits per heavy atom. The molecule has 0 aromatic rings. The molecule has 1 heterocycles. The Balaban J connectivity index is 3.01. The number of ether oxygens (including phenoxy) is 1. The molecule has 3 amide bonds. The number of alkyl halides is 3. The van der Waals surface area contributed by atoms with Gasteiger partial charge in [-0.15, -0.1) is 0 Å². The van der Waals surface area contributed by atoms with Crippen molar-refractivity contribution in [2.45, 2.75) is 61.8 Å². The van der Waals surface area contributed by atoms with Gasteiger partial charge in [0.2, 0.25) is 5.91 Å². The summed E-state index contributed by atoms with van der Waals surface area (Å²) in [5.41, 5.74) is 0. The van der Waals surface area contributed by atoms with E-state index >= 15 is 0 Å². The van der Waals surface area contributed by atoms with E-state index in [1.54, 1.807) is 6.92 Å². The molecule has 0 saturated heterocycles. The van der Waals surface area contributed by atoms with Gasteiger partial charge in [-0.2, -0.15) is 0 Å². The van der Waals surface area contributed by atoms with Gasteiger partial charge in [0, 0.05) is 12.5 Å². The Kier molecular flexibility index (Phi) is 8.51. The van der Waals surface area contributed by atoms with Crippen molar-refractivity contribution in [2.24, 2.45) is 0 Å². The molecular weight excluding hydrogens is 391 g/mol. The maximum atomic E-state index is 12.9. The van der Waals surface area contributed by atoms with E-state index in [2.05, 4.69) is 5.32 Å². The van der Waals surface area contributed by atoms with Gasteiger partial charge in [0.1, 0.15) is 11.8 Å². The summed E-state index contributed by atoms with van der Waals surface area (Å²) in [7, 11) is 1.45. The van der Waals surface area contributed by atoms with Gasteiger partial charge in [-0.3, -0.25) is 19.3 Å². The van der Waals surface area contributed by atoms with Gasteiger partial charge < -0.3 is 10.1 Å². The van der Waals surface area contributed by atoms with E-state index in [1.165, 1.54) is 13.2 Å². The molecule has 0 aromatic carbocycles. The predicted molar refractivity (Wildman–Crippen MR) is 97.4 cm³/mol. The van der Waals surface area contributed by atoms with Crippen LogP contribution in [0.3, 0.4) is 0 Å². The maximum Gasteiger partial charge on any atom is 0.257 e. The Hall–Kier alpha value is -0.980. The lowest BCUT2D eigenvalue weighted by molar-refractivity contribution is -0.146. The Morgan fingerprint density at radius 2 is 2.00 bits per heavy atom. The van der Waals surface area contributed by atoms with Gasteiger partial charge in [0.05, 0.1) is 13.2 Å². The van der Waals surface area contributed by atoms with Crippen molar-refractivity contribution < 1.29 is 19.1 Å². The highest BCUT2D eigenvalue weighted by Gasteiger charge is 2.41. The highest BCUT2D eigenvalue weighted by Crippen LogP contribution is 2.32. The number of nitrogens with one attached hydrogen (secondary N) is 1. The lowest BCUT2D eigenvalue weighted by atomic mass is 10.1. The van der Waals surface area contributed by atoms with Crippen LogP contribution in [0.1, 0.15) is 46.0 Å². The molecule has 0 aromatic heterocycles. The number of hydrogen-bond donors (Lipinski definition) is 1. The fourth-order valence-electron chi connectivity index (χ4n) is 2.60. The molecule has 1 aliphatic rings. The largest absolute Gasteiger partial charge is 0.499 e. The molecule has 25 heavy (non-hydrogen) atoms. The number of hydrogen-bond acceptors (Lipinski definition) is 4. The molecule has 1 N–H and O–H groups in total. The number of carbonyl (C=O) groups excluding carboxylic acids is 3. The van der Waals surface area contributed by atoms with Gasteiger partial charge in [0.15, 0.2) is 3.79 Å². The summed E-state index contributed by atoms with van der Waals surface area (Å²) in [5, 5.41) is 2.61. The minimum atomic E-state index is -1.55. The van der Waals surface area contributed by atoms with Crippen LogP contribution in [0.2, 0.25) is 0 Å². The predicted octanol–water partition coefficient (Wildman–Crippen LogP) is 3.10. The lowest BCUT2D eigenvalue weighted by Crippen LogP contribution is -2.52. The minimum absolute atomic E-state index is 0.0586. The molecule has 0 fully saturated rings. The van der Waals surface area contributed by atoms with Gasteiger partial charge in [-0.05, 0) is 19.3 Å². The maximum absolute atomic E-state index is 12.9. The average Bonchev–Trinajstić information content (AvgIpc) is 2.85. The first-order chi connectivity index (χ1) is 11.6. The second-order valence-electron chi connectivity index (χ2n) is 5.73. The van der Waals surface area contributed by atoms with Crippen molar-refractivity contribution in [3.8, 4) is 0 Å². The van der Waals surface area contributed by atoms with Crippen molar-refractivity contribution in [1.29, 1.82) is 0 Å². The number of methoxy groups -OCH3 is 1. The zero-order valence-corrected chi connectivity index (χ0v) is 16.7. The van der Waals surface area contributed by atoms with Crippen molar-refractivity contribution in [2.75, 3.05) is 7.11 Å². The SMILES string of the molecule is CCC[C@H]1C(OC)=CC(=O)N1C(=O)[C@H](CCC(Cl)(Cl)Cl)NC(=O)CC. The fourth-order valence-corrected chi connectivity index (χ4v) is 2.93. The molecule has 6 nitrogen and oxygen atoms in total. The number of carbonyl (C=O) groups is 3. The first-order valence-electron chi connectivity index (χ1n) is 8.13. The molecule has 142 valence electrons. The third kappa shape index (κ3) is 6.35. The van der Waals surface area contributed by atoms with Crippen molar-refractivity contribution in [3.63, 3.8) is 0 Å². The van der Waals surface area contributed by atoms with Gasteiger partial charge in [-0.25, -0.2) is 0 Å².